The lowest BCUT2D eigenvalue weighted by Gasteiger charge is -2.35. The molecule has 0 aromatic heterocycles. The van der Waals surface area contributed by atoms with Gasteiger partial charge in [0.15, 0.2) is 0 Å². The molecule has 0 bridgehead atoms. The van der Waals surface area contributed by atoms with Crippen LogP contribution in [0.2, 0.25) is 0 Å². The maximum atomic E-state index is 2.52. The van der Waals surface area contributed by atoms with Crippen molar-refractivity contribution in [1.29, 1.82) is 0 Å². The van der Waals surface area contributed by atoms with Crippen LogP contribution in [0, 0.1) is 47.3 Å². The summed E-state index contributed by atoms with van der Waals surface area (Å²) in [4.78, 5) is 0. The fraction of sp³-hybridized carbons (Fsp3) is 1.00. The summed E-state index contributed by atoms with van der Waals surface area (Å²) >= 11 is 0. The molecule has 5 saturated carbocycles. The molecule has 5 rings (SSSR count). The van der Waals surface area contributed by atoms with Crippen LogP contribution in [0.15, 0.2) is 0 Å². The summed E-state index contributed by atoms with van der Waals surface area (Å²) in [5, 5.41) is 0. The highest BCUT2D eigenvalue weighted by Crippen LogP contribution is 2.47. The topological polar surface area (TPSA) is 0 Å². The summed E-state index contributed by atoms with van der Waals surface area (Å²) in [6, 6.07) is 0. The van der Waals surface area contributed by atoms with E-state index in [2.05, 4.69) is 27.7 Å². The molecule has 0 aromatic rings. The summed E-state index contributed by atoms with van der Waals surface area (Å²) in [5.74, 6) is 8.48. The van der Waals surface area contributed by atoms with E-state index < -0.39 is 0 Å². The highest BCUT2D eigenvalue weighted by Gasteiger charge is 2.36. The average molecular weight is 603 g/mol. The molecule has 0 heteroatoms. The molecule has 5 aliphatic carbocycles. The minimum Gasteiger partial charge on any atom is -0.0683 e. The number of hydrogen-bond donors (Lipinski definition) is 0. The Hall–Kier alpha value is 0. The molecule has 0 amide bonds. The summed E-state index contributed by atoms with van der Waals surface area (Å²) in [7, 11) is 0. The molecule has 258 valence electrons. The molecule has 3 unspecified atom stereocenters. The Labute approximate surface area is 275 Å². The molecule has 0 spiro atoms. The fourth-order valence-corrected chi connectivity index (χ4v) is 8.88. The minimum atomic E-state index is 1.00. The van der Waals surface area contributed by atoms with E-state index in [1.165, 1.54) is 128 Å². The number of rotatable bonds is 2. The van der Waals surface area contributed by atoms with Gasteiger partial charge in [-0.1, -0.05) is 203 Å². The van der Waals surface area contributed by atoms with Crippen LogP contribution in [0.25, 0.3) is 0 Å². The van der Waals surface area contributed by atoms with Gasteiger partial charge in [-0.25, -0.2) is 0 Å². The first-order valence-electron chi connectivity index (χ1n) is 21.0. The van der Waals surface area contributed by atoms with Crippen molar-refractivity contribution in [3.05, 3.63) is 0 Å². The van der Waals surface area contributed by atoms with Crippen LogP contribution in [0.4, 0.5) is 0 Å². The van der Waals surface area contributed by atoms with Crippen LogP contribution in [0.1, 0.15) is 229 Å². The summed E-state index contributed by atoms with van der Waals surface area (Å²) in [6.45, 7) is 17.8. The third kappa shape index (κ3) is 20.7. The van der Waals surface area contributed by atoms with Gasteiger partial charge >= 0.3 is 0 Å². The Balaban J connectivity index is 0.000000349. The van der Waals surface area contributed by atoms with Crippen molar-refractivity contribution in [1.82, 2.24) is 0 Å². The standard InChI is InChI=1S/C21H38.2C9H18.2C2H6/c1-16-6-3-9-18(10-4-7-16)20-11-5-8-17(2)14-21(15-20)19-12-13-19;2*1-9-7-5-3-2-4-6-8-9;2*1-2/h16-21H,3-15H2,1-2H3;2*9H,2-8H2,1H3;2*1-2H3. The molecule has 43 heavy (non-hydrogen) atoms. The zero-order valence-corrected chi connectivity index (χ0v) is 31.7. The van der Waals surface area contributed by atoms with Crippen molar-refractivity contribution in [2.45, 2.75) is 229 Å². The molecular formula is C43H86. The Bertz CT molecular complexity index is 529. The molecule has 3 atom stereocenters. The molecule has 0 radical (unpaired) electrons. The van der Waals surface area contributed by atoms with Crippen molar-refractivity contribution in [2.24, 2.45) is 47.3 Å². The summed E-state index contributed by atoms with van der Waals surface area (Å²) in [6.07, 6.45) is 40.9. The first-order valence-corrected chi connectivity index (χ1v) is 21.0. The van der Waals surface area contributed by atoms with Crippen molar-refractivity contribution < 1.29 is 0 Å². The largest absolute Gasteiger partial charge is 0.0683 e. The van der Waals surface area contributed by atoms with Crippen molar-refractivity contribution in [2.75, 3.05) is 0 Å². The van der Waals surface area contributed by atoms with E-state index in [1.807, 2.05) is 27.7 Å². The zero-order chi connectivity index (χ0) is 31.7. The van der Waals surface area contributed by atoms with E-state index in [4.69, 9.17) is 0 Å². The van der Waals surface area contributed by atoms with Gasteiger partial charge in [0, 0.05) is 0 Å². The minimum absolute atomic E-state index is 1.00. The van der Waals surface area contributed by atoms with Crippen LogP contribution in [-0.2, 0) is 0 Å². The quantitative estimate of drug-likeness (QED) is 0.295. The summed E-state index contributed by atoms with van der Waals surface area (Å²) in [5.41, 5.74) is 0. The maximum absolute atomic E-state index is 2.52. The zero-order valence-electron chi connectivity index (χ0n) is 31.7. The van der Waals surface area contributed by atoms with Gasteiger partial charge in [-0.15, -0.1) is 0 Å². The van der Waals surface area contributed by atoms with Gasteiger partial charge in [-0.2, -0.15) is 0 Å². The normalized spacial score (nSPS) is 32.0. The molecular weight excluding hydrogens is 516 g/mol. The van der Waals surface area contributed by atoms with E-state index in [-0.39, 0.29) is 0 Å². The maximum Gasteiger partial charge on any atom is -0.0381 e. The number of hydrogen-bond acceptors (Lipinski definition) is 0. The summed E-state index contributed by atoms with van der Waals surface area (Å²) < 4.78 is 0. The molecule has 0 nitrogen and oxygen atoms in total. The van der Waals surface area contributed by atoms with Crippen LogP contribution in [-0.4, -0.2) is 0 Å². The Kier molecular flexibility index (Phi) is 25.9. The molecule has 0 N–H and O–H groups in total. The van der Waals surface area contributed by atoms with Crippen LogP contribution in [0.5, 0.6) is 0 Å². The van der Waals surface area contributed by atoms with E-state index in [9.17, 15) is 0 Å². The molecule has 0 aliphatic heterocycles. The Morgan fingerprint density at radius 2 is 0.535 bits per heavy atom. The van der Waals surface area contributed by atoms with Crippen LogP contribution in [0.3, 0.4) is 0 Å². The molecule has 5 fully saturated rings. The van der Waals surface area contributed by atoms with E-state index in [0.717, 1.165) is 47.3 Å². The van der Waals surface area contributed by atoms with Gasteiger partial charge in [-0.05, 0) is 73.0 Å². The SMILES string of the molecule is CC.CC.CC1CCCC(C2CCCC(C)CC(C3CC3)C2)CCC1.CC1CCCCCCC1.CC1CCCCCCC1. The Morgan fingerprint density at radius 1 is 0.233 bits per heavy atom. The second-order valence-electron chi connectivity index (χ2n) is 16.0. The Morgan fingerprint density at radius 3 is 0.930 bits per heavy atom. The van der Waals surface area contributed by atoms with E-state index in [1.54, 1.807) is 44.9 Å². The van der Waals surface area contributed by atoms with Crippen molar-refractivity contribution in [3.8, 4) is 0 Å². The first-order chi connectivity index (χ1) is 21.0. The fourth-order valence-electron chi connectivity index (χ4n) is 8.88. The average Bonchev–Trinajstić information content (AvgIpc) is 3.81. The van der Waals surface area contributed by atoms with Gasteiger partial charge in [-0.3, -0.25) is 0 Å². The lowest BCUT2D eigenvalue weighted by atomic mass is 9.70. The van der Waals surface area contributed by atoms with Crippen LogP contribution < -0.4 is 0 Å². The first kappa shape index (κ1) is 41.0. The highest BCUT2D eigenvalue weighted by atomic mass is 14.4. The smallest absolute Gasteiger partial charge is 0.0381 e. The van der Waals surface area contributed by atoms with Gasteiger partial charge in [0.2, 0.25) is 0 Å². The van der Waals surface area contributed by atoms with E-state index in [0.29, 0.717) is 0 Å². The highest BCUT2D eigenvalue weighted by molar-refractivity contribution is 4.87. The van der Waals surface area contributed by atoms with E-state index >= 15 is 0 Å². The molecule has 0 aromatic carbocycles. The molecule has 0 heterocycles. The predicted molar refractivity (Wildman–Crippen MR) is 198 cm³/mol. The van der Waals surface area contributed by atoms with Gasteiger partial charge < -0.3 is 0 Å². The van der Waals surface area contributed by atoms with Gasteiger partial charge in [0.05, 0.1) is 0 Å². The third-order valence-corrected chi connectivity index (χ3v) is 11.9. The lowest BCUT2D eigenvalue weighted by molar-refractivity contribution is 0.158. The monoisotopic (exact) mass is 603 g/mol. The van der Waals surface area contributed by atoms with Crippen molar-refractivity contribution in [3.63, 3.8) is 0 Å². The van der Waals surface area contributed by atoms with Gasteiger partial charge in [0.25, 0.3) is 0 Å². The molecule has 5 aliphatic rings. The van der Waals surface area contributed by atoms with Gasteiger partial charge in [0.1, 0.15) is 0 Å². The predicted octanol–water partition coefficient (Wildman–Crippen LogP) is 15.6. The third-order valence-electron chi connectivity index (χ3n) is 11.9. The molecule has 0 saturated heterocycles. The van der Waals surface area contributed by atoms with Crippen LogP contribution >= 0.6 is 0 Å². The van der Waals surface area contributed by atoms with Crippen molar-refractivity contribution >= 4 is 0 Å². The second kappa shape index (κ2) is 27.1. The second-order valence-corrected chi connectivity index (χ2v) is 16.0. The lowest BCUT2D eigenvalue weighted by Crippen LogP contribution is -2.24.